The van der Waals surface area contributed by atoms with Crippen molar-refractivity contribution < 1.29 is 9.53 Å². The van der Waals surface area contributed by atoms with Crippen LogP contribution < -0.4 is 10.6 Å². The molecular formula is C15H30N2O2. The first-order valence-corrected chi connectivity index (χ1v) is 7.60. The third-order valence-electron chi connectivity index (χ3n) is 3.76. The minimum atomic E-state index is -0.414. The molecule has 1 fully saturated rings. The van der Waals surface area contributed by atoms with Crippen molar-refractivity contribution in [1.82, 2.24) is 10.6 Å². The fourth-order valence-corrected chi connectivity index (χ4v) is 2.76. The van der Waals surface area contributed by atoms with E-state index in [1.54, 1.807) is 0 Å². The van der Waals surface area contributed by atoms with Gasteiger partial charge in [-0.2, -0.15) is 0 Å². The van der Waals surface area contributed by atoms with Crippen molar-refractivity contribution in [2.75, 3.05) is 19.6 Å². The molecule has 2 atom stereocenters. The lowest BCUT2D eigenvalue weighted by atomic mass is 9.84. The number of hydrogen-bond acceptors (Lipinski definition) is 3. The Bertz CT molecular complexity index is 274. The Morgan fingerprint density at radius 3 is 2.47 bits per heavy atom. The van der Waals surface area contributed by atoms with Crippen LogP contribution in [0.1, 0.15) is 53.4 Å². The number of alkyl carbamates (subject to hydrolysis) is 1. The molecule has 1 aliphatic rings. The van der Waals surface area contributed by atoms with Gasteiger partial charge in [0.2, 0.25) is 0 Å². The smallest absolute Gasteiger partial charge is 0.407 e. The van der Waals surface area contributed by atoms with E-state index in [2.05, 4.69) is 17.6 Å². The number of carbonyl (C=O) groups excluding carboxylic acids is 1. The second-order valence-electron chi connectivity index (χ2n) is 6.47. The third-order valence-corrected chi connectivity index (χ3v) is 3.76. The molecule has 2 unspecified atom stereocenters. The SMILES string of the molecule is CCC1CCNCCC1CCNC(=O)OC(C)(C)C. The fraction of sp³-hybridized carbons (Fsp3) is 0.933. The molecule has 1 amide bonds. The molecule has 1 heterocycles. The van der Waals surface area contributed by atoms with Gasteiger partial charge < -0.3 is 15.4 Å². The lowest BCUT2D eigenvalue weighted by molar-refractivity contribution is 0.0523. The molecule has 0 aliphatic carbocycles. The summed E-state index contributed by atoms with van der Waals surface area (Å²) >= 11 is 0. The zero-order valence-electron chi connectivity index (χ0n) is 12.9. The Labute approximate surface area is 117 Å². The van der Waals surface area contributed by atoms with Crippen LogP contribution in [-0.4, -0.2) is 31.3 Å². The molecule has 0 aromatic heterocycles. The Hall–Kier alpha value is -0.770. The highest BCUT2D eigenvalue weighted by Gasteiger charge is 2.22. The Kier molecular flexibility index (Phi) is 6.63. The molecule has 0 bridgehead atoms. The van der Waals surface area contributed by atoms with E-state index in [1.807, 2.05) is 20.8 Å². The summed E-state index contributed by atoms with van der Waals surface area (Å²) in [5.74, 6) is 1.50. The summed E-state index contributed by atoms with van der Waals surface area (Å²) in [6.45, 7) is 10.9. The molecule has 0 aromatic rings. The van der Waals surface area contributed by atoms with Gasteiger partial charge in [-0.05, 0) is 65.0 Å². The van der Waals surface area contributed by atoms with Crippen LogP contribution in [0.25, 0.3) is 0 Å². The van der Waals surface area contributed by atoms with Crippen molar-refractivity contribution >= 4 is 6.09 Å². The lowest BCUT2D eigenvalue weighted by Gasteiger charge is -2.24. The number of ether oxygens (including phenoxy) is 1. The molecule has 1 saturated heterocycles. The number of carbonyl (C=O) groups is 1. The molecule has 0 radical (unpaired) electrons. The maximum absolute atomic E-state index is 11.6. The first-order valence-electron chi connectivity index (χ1n) is 7.60. The van der Waals surface area contributed by atoms with Gasteiger partial charge >= 0.3 is 6.09 Å². The van der Waals surface area contributed by atoms with Crippen LogP contribution in [0.2, 0.25) is 0 Å². The van der Waals surface area contributed by atoms with E-state index >= 15 is 0 Å². The van der Waals surface area contributed by atoms with Crippen molar-refractivity contribution in [3.05, 3.63) is 0 Å². The average molecular weight is 270 g/mol. The summed E-state index contributed by atoms with van der Waals surface area (Å²) in [5, 5.41) is 6.33. The van der Waals surface area contributed by atoms with E-state index in [1.165, 1.54) is 19.3 Å². The lowest BCUT2D eigenvalue weighted by Crippen LogP contribution is -2.34. The Morgan fingerprint density at radius 1 is 1.26 bits per heavy atom. The van der Waals surface area contributed by atoms with E-state index in [4.69, 9.17) is 4.74 Å². The van der Waals surface area contributed by atoms with E-state index in [9.17, 15) is 4.79 Å². The van der Waals surface area contributed by atoms with E-state index < -0.39 is 5.60 Å². The molecule has 0 saturated carbocycles. The molecule has 19 heavy (non-hydrogen) atoms. The van der Waals surface area contributed by atoms with Crippen LogP contribution in [0.15, 0.2) is 0 Å². The van der Waals surface area contributed by atoms with Gasteiger partial charge in [-0.1, -0.05) is 13.3 Å². The molecule has 2 N–H and O–H groups in total. The minimum absolute atomic E-state index is 0.299. The van der Waals surface area contributed by atoms with Crippen molar-refractivity contribution in [3.63, 3.8) is 0 Å². The van der Waals surface area contributed by atoms with Crippen LogP contribution in [0.3, 0.4) is 0 Å². The van der Waals surface area contributed by atoms with Gasteiger partial charge in [0, 0.05) is 6.54 Å². The van der Waals surface area contributed by atoms with Crippen LogP contribution in [0.4, 0.5) is 4.79 Å². The standard InChI is InChI=1S/C15H30N2O2/c1-5-12-6-9-16-10-7-13(12)8-11-17-14(18)19-15(2,3)4/h12-13,16H,5-11H2,1-4H3,(H,17,18). The van der Waals surface area contributed by atoms with Gasteiger partial charge in [0.05, 0.1) is 0 Å². The van der Waals surface area contributed by atoms with Crippen molar-refractivity contribution in [3.8, 4) is 0 Å². The molecule has 4 heteroatoms. The third kappa shape index (κ3) is 6.81. The Balaban J connectivity index is 2.28. The number of nitrogens with one attached hydrogen (secondary N) is 2. The fourth-order valence-electron chi connectivity index (χ4n) is 2.76. The van der Waals surface area contributed by atoms with E-state index in [-0.39, 0.29) is 6.09 Å². The zero-order valence-corrected chi connectivity index (χ0v) is 12.9. The molecule has 112 valence electrons. The maximum atomic E-state index is 11.6. The normalized spacial score (nSPS) is 24.6. The summed E-state index contributed by atoms with van der Waals surface area (Å²) in [7, 11) is 0. The van der Waals surface area contributed by atoms with Gasteiger partial charge in [0.1, 0.15) is 5.60 Å². The highest BCUT2D eigenvalue weighted by molar-refractivity contribution is 5.67. The van der Waals surface area contributed by atoms with Gasteiger partial charge in [0.25, 0.3) is 0 Å². The summed E-state index contributed by atoms with van der Waals surface area (Å²) < 4.78 is 5.24. The second-order valence-corrected chi connectivity index (χ2v) is 6.47. The summed E-state index contributed by atoms with van der Waals surface area (Å²) in [6.07, 6.45) is 4.47. The maximum Gasteiger partial charge on any atom is 0.407 e. The van der Waals surface area contributed by atoms with Crippen LogP contribution >= 0.6 is 0 Å². The van der Waals surface area contributed by atoms with Crippen LogP contribution in [0.5, 0.6) is 0 Å². The monoisotopic (exact) mass is 270 g/mol. The predicted octanol–water partition coefficient (Wildman–Crippen LogP) is 2.93. The second kappa shape index (κ2) is 7.73. The summed E-state index contributed by atoms with van der Waals surface area (Å²) in [6, 6.07) is 0. The molecule has 1 rings (SSSR count). The van der Waals surface area contributed by atoms with E-state index in [0.29, 0.717) is 0 Å². The van der Waals surface area contributed by atoms with Crippen LogP contribution in [-0.2, 0) is 4.74 Å². The largest absolute Gasteiger partial charge is 0.444 e. The summed E-state index contributed by atoms with van der Waals surface area (Å²) in [5.41, 5.74) is -0.414. The average Bonchev–Trinajstić information content (AvgIpc) is 2.51. The highest BCUT2D eigenvalue weighted by Crippen LogP contribution is 2.26. The first kappa shape index (κ1) is 16.3. The molecular weight excluding hydrogens is 240 g/mol. The van der Waals surface area contributed by atoms with Gasteiger partial charge in [0.15, 0.2) is 0 Å². The van der Waals surface area contributed by atoms with Crippen molar-refractivity contribution in [2.24, 2.45) is 11.8 Å². The highest BCUT2D eigenvalue weighted by atomic mass is 16.6. The van der Waals surface area contributed by atoms with E-state index in [0.717, 1.165) is 37.9 Å². The van der Waals surface area contributed by atoms with Crippen molar-refractivity contribution in [1.29, 1.82) is 0 Å². The molecule has 4 nitrogen and oxygen atoms in total. The quantitative estimate of drug-likeness (QED) is 0.826. The van der Waals surface area contributed by atoms with Crippen LogP contribution in [0, 0.1) is 11.8 Å². The number of rotatable bonds is 4. The van der Waals surface area contributed by atoms with Gasteiger partial charge in [-0.25, -0.2) is 4.79 Å². The van der Waals surface area contributed by atoms with Crippen molar-refractivity contribution in [2.45, 2.75) is 59.0 Å². The minimum Gasteiger partial charge on any atom is -0.444 e. The van der Waals surface area contributed by atoms with Gasteiger partial charge in [-0.3, -0.25) is 0 Å². The Morgan fingerprint density at radius 2 is 1.89 bits per heavy atom. The van der Waals surface area contributed by atoms with Gasteiger partial charge in [-0.15, -0.1) is 0 Å². The molecule has 0 spiro atoms. The molecule has 0 aromatic carbocycles. The zero-order chi connectivity index (χ0) is 14.3. The summed E-state index contributed by atoms with van der Waals surface area (Å²) in [4.78, 5) is 11.6. The topological polar surface area (TPSA) is 50.4 Å². The first-order chi connectivity index (χ1) is 8.92. The number of amides is 1. The molecule has 1 aliphatic heterocycles. The predicted molar refractivity (Wildman–Crippen MR) is 78.2 cm³/mol. The number of hydrogen-bond donors (Lipinski definition) is 2.